The van der Waals surface area contributed by atoms with Gasteiger partial charge in [-0.05, 0) is 37.1 Å². The topological polar surface area (TPSA) is 13.1 Å². The molecule has 0 saturated heterocycles. The highest BCUT2D eigenvalue weighted by Crippen LogP contribution is 2.37. The predicted octanol–water partition coefficient (Wildman–Crippen LogP) is 4.34. The highest BCUT2D eigenvalue weighted by Gasteiger charge is 2.20. The van der Waals surface area contributed by atoms with E-state index in [0.29, 0.717) is 0 Å². The summed E-state index contributed by atoms with van der Waals surface area (Å²) in [5, 5.41) is 0. The van der Waals surface area contributed by atoms with Gasteiger partial charge in [-0.2, -0.15) is 0 Å². The zero-order chi connectivity index (χ0) is 11.1. The van der Waals surface area contributed by atoms with Crippen molar-refractivity contribution in [3.05, 3.63) is 63.5 Å². The van der Waals surface area contributed by atoms with Crippen molar-refractivity contribution < 1.29 is 4.42 Å². The van der Waals surface area contributed by atoms with E-state index < -0.39 is 0 Å². The first kappa shape index (κ1) is 9.91. The SMILES string of the molecule is Cc1ccc(C2=CCc3cccc(Br)c32)o1. The highest BCUT2D eigenvalue weighted by atomic mass is 79.9. The molecule has 1 aliphatic rings. The standard InChI is InChI=1S/C14H11BrO/c1-9-5-8-13(16-9)11-7-6-10-3-2-4-12(15)14(10)11/h2-5,7-8H,6H2,1H3. The van der Waals surface area contributed by atoms with E-state index >= 15 is 0 Å². The van der Waals surface area contributed by atoms with Crippen molar-refractivity contribution in [3.63, 3.8) is 0 Å². The van der Waals surface area contributed by atoms with Gasteiger partial charge in [-0.15, -0.1) is 0 Å². The summed E-state index contributed by atoms with van der Waals surface area (Å²) < 4.78 is 6.83. The largest absolute Gasteiger partial charge is 0.461 e. The fourth-order valence-corrected chi connectivity index (χ4v) is 2.78. The minimum Gasteiger partial charge on any atom is -0.461 e. The van der Waals surface area contributed by atoms with Crippen LogP contribution in [0.5, 0.6) is 0 Å². The molecule has 0 unspecified atom stereocenters. The molecule has 0 aliphatic heterocycles. The minimum absolute atomic E-state index is 0.955. The molecule has 0 N–H and O–H groups in total. The highest BCUT2D eigenvalue weighted by molar-refractivity contribution is 9.10. The molecule has 0 amide bonds. The van der Waals surface area contributed by atoms with Crippen molar-refractivity contribution in [1.29, 1.82) is 0 Å². The molecule has 0 saturated carbocycles. The zero-order valence-corrected chi connectivity index (χ0v) is 10.5. The Labute approximate surface area is 103 Å². The van der Waals surface area contributed by atoms with Crippen LogP contribution in [0.1, 0.15) is 22.6 Å². The molecule has 0 fully saturated rings. The van der Waals surface area contributed by atoms with Crippen LogP contribution in [-0.4, -0.2) is 0 Å². The fraction of sp³-hybridized carbons (Fsp3) is 0.143. The Morgan fingerprint density at radius 2 is 2.06 bits per heavy atom. The van der Waals surface area contributed by atoms with Gasteiger partial charge in [-0.1, -0.05) is 34.1 Å². The van der Waals surface area contributed by atoms with Crippen LogP contribution in [-0.2, 0) is 6.42 Å². The van der Waals surface area contributed by atoms with Crippen LogP contribution in [0.2, 0.25) is 0 Å². The first-order valence-corrected chi connectivity index (χ1v) is 6.10. The van der Waals surface area contributed by atoms with Crippen LogP contribution in [0, 0.1) is 6.92 Å². The molecule has 1 heterocycles. The Morgan fingerprint density at radius 1 is 1.19 bits per heavy atom. The number of aryl methyl sites for hydroxylation is 1. The van der Waals surface area contributed by atoms with Crippen molar-refractivity contribution >= 4 is 21.5 Å². The van der Waals surface area contributed by atoms with Crippen LogP contribution >= 0.6 is 15.9 Å². The monoisotopic (exact) mass is 274 g/mol. The number of benzene rings is 1. The zero-order valence-electron chi connectivity index (χ0n) is 8.96. The van der Waals surface area contributed by atoms with Gasteiger partial charge in [-0.25, -0.2) is 0 Å². The molecule has 0 radical (unpaired) electrons. The molecule has 1 nitrogen and oxygen atoms in total. The molecule has 80 valence electrons. The van der Waals surface area contributed by atoms with Crippen LogP contribution < -0.4 is 0 Å². The predicted molar refractivity (Wildman–Crippen MR) is 68.4 cm³/mol. The van der Waals surface area contributed by atoms with Crippen molar-refractivity contribution in [1.82, 2.24) is 0 Å². The van der Waals surface area contributed by atoms with Gasteiger partial charge in [-0.3, -0.25) is 0 Å². The Morgan fingerprint density at radius 3 is 2.81 bits per heavy atom. The smallest absolute Gasteiger partial charge is 0.134 e. The number of hydrogen-bond donors (Lipinski definition) is 0. The second kappa shape index (κ2) is 3.63. The summed E-state index contributed by atoms with van der Waals surface area (Å²) in [7, 11) is 0. The quantitative estimate of drug-likeness (QED) is 0.754. The van der Waals surface area contributed by atoms with Crippen LogP contribution in [0.3, 0.4) is 0 Å². The third kappa shape index (κ3) is 1.45. The summed E-state index contributed by atoms with van der Waals surface area (Å²) in [6.07, 6.45) is 3.22. The molecule has 0 bridgehead atoms. The second-order valence-electron chi connectivity index (χ2n) is 4.01. The molecule has 2 heteroatoms. The van der Waals surface area contributed by atoms with E-state index in [-0.39, 0.29) is 0 Å². The van der Waals surface area contributed by atoms with E-state index in [1.165, 1.54) is 16.7 Å². The average Bonchev–Trinajstić information content (AvgIpc) is 2.84. The van der Waals surface area contributed by atoms with E-state index in [9.17, 15) is 0 Å². The molecule has 3 rings (SSSR count). The van der Waals surface area contributed by atoms with Crippen molar-refractivity contribution in [2.45, 2.75) is 13.3 Å². The van der Waals surface area contributed by atoms with Gasteiger partial charge in [0.2, 0.25) is 0 Å². The first-order chi connectivity index (χ1) is 7.75. The third-order valence-electron chi connectivity index (χ3n) is 2.90. The number of fused-ring (bicyclic) bond motifs is 1. The summed E-state index contributed by atoms with van der Waals surface area (Å²) in [6.45, 7) is 1.97. The molecule has 0 spiro atoms. The first-order valence-electron chi connectivity index (χ1n) is 5.30. The lowest BCUT2D eigenvalue weighted by molar-refractivity contribution is 0.522. The number of rotatable bonds is 1. The summed E-state index contributed by atoms with van der Waals surface area (Å²) >= 11 is 3.61. The Balaban J connectivity index is 2.15. The molecular formula is C14H11BrO. The van der Waals surface area contributed by atoms with E-state index in [1.54, 1.807) is 0 Å². The van der Waals surface area contributed by atoms with Crippen molar-refractivity contribution in [2.24, 2.45) is 0 Å². The molecule has 0 atom stereocenters. The van der Waals surface area contributed by atoms with E-state index in [2.05, 4.69) is 40.2 Å². The second-order valence-corrected chi connectivity index (χ2v) is 4.86. The maximum atomic E-state index is 5.69. The van der Waals surface area contributed by atoms with Crippen LogP contribution in [0.4, 0.5) is 0 Å². The van der Waals surface area contributed by atoms with Gasteiger partial charge in [0, 0.05) is 15.6 Å². The molecule has 1 aliphatic carbocycles. The normalized spacial score (nSPS) is 13.8. The van der Waals surface area contributed by atoms with E-state index in [1.807, 2.05) is 19.1 Å². The number of hydrogen-bond acceptors (Lipinski definition) is 1. The summed E-state index contributed by atoms with van der Waals surface area (Å²) in [5.41, 5.74) is 3.84. The Hall–Kier alpha value is -1.28. The lowest BCUT2D eigenvalue weighted by Gasteiger charge is -2.05. The fourth-order valence-electron chi connectivity index (χ4n) is 2.16. The minimum atomic E-state index is 0.955. The molecule has 16 heavy (non-hydrogen) atoms. The average molecular weight is 275 g/mol. The molecule has 1 aromatic heterocycles. The number of furan rings is 1. The maximum Gasteiger partial charge on any atom is 0.134 e. The third-order valence-corrected chi connectivity index (χ3v) is 3.56. The summed E-state index contributed by atoms with van der Waals surface area (Å²) in [5.74, 6) is 1.92. The van der Waals surface area contributed by atoms with Crippen LogP contribution in [0.15, 0.2) is 45.3 Å². The van der Waals surface area contributed by atoms with Crippen LogP contribution in [0.25, 0.3) is 5.57 Å². The van der Waals surface area contributed by atoms with Gasteiger partial charge in [0.05, 0.1) is 0 Å². The molecular weight excluding hydrogens is 264 g/mol. The van der Waals surface area contributed by atoms with Gasteiger partial charge >= 0.3 is 0 Å². The summed E-state index contributed by atoms with van der Waals surface area (Å²) in [6, 6.07) is 10.4. The maximum absolute atomic E-state index is 5.69. The van der Waals surface area contributed by atoms with E-state index in [0.717, 1.165) is 22.4 Å². The van der Waals surface area contributed by atoms with Gasteiger partial charge in [0.25, 0.3) is 0 Å². The van der Waals surface area contributed by atoms with Gasteiger partial charge in [0.1, 0.15) is 11.5 Å². The van der Waals surface area contributed by atoms with E-state index in [4.69, 9.17) is 4.42 Å². The molecule has 1 aromatic carbocycles. The van der Waals surface area contributed by atoms with Crippen molar-refractivity contribution in [3.8, 4) is 0 Å². The van der Waals surface area contributed by atoms with Gasteiger partial charge in [0.15, 0.2) is 0 Å². The Kier molecular flexibility index (Phi) is 2.25. The van der Waals surface area contributed by atoms with Gasteiger partial charge < -0.3 is 4.42 Å². The summed E-state index contributed by atoms with van der Waals surface area (Å²) in [4.78, 5) is 0. The molecule has 2 aromatic rings. The number of halogens is 1. The lowest BCUT2D eigenvalue weighted by atomic mass is 10.0. The lowest BCUT2D eigenvalue weighted by Crippen LogP contribution is -1.87. The van der Waals surface area contributed by atoms with Crippen molar-refractivity contribution in [2.75, 3.05) is 0 Å². The Bertz CT molecular complexity index is 578. The number of allylic oxidation sites excluding steroid dienone is 1.